The second-order valence-electron chi connectivity index (χ2n) is 4.62. The monoisotopic (exact) mass is 246 g/mol. The van der Waals surface area contributed by atoms with Crippen LogP contribution in [0.5, 0.6) is 0 Å². The maximum atomic E-state index is 12.2. The van der Waals surface area contributed by atoms with E-state index in [2.05, 4.69) is 6.92 Å². The third-order valence-electron chi connectivity index (χ3n) is 3.26. The molecule has 0 heterocycles. The van der Waals surface area contributed by atoms with Crippen molar-refractivity contribution in [3.05, 3.63) is 45.9 Å². The smallest absolute Gasteiger partial charge is 0.224 e. The van der Waals surface area contributed by atoms with Gasteiger partial charge < -0.3 is 0 Å². The van der Waals surface area contributed by atoms with Gasteiger partial charge in [0.05, 0.1) is 0 Å². The van der Waals surface area contributed by atoms with Crippen LogP contribution in [0.25, 0.3) is 0 Å². The number of benzene rings is 1. The molecule has 0 saturated heterocycles. The molecule has 0 aliphatic heterocycles. The van der Waals surface area contributed by atoms with Crippen molar-refractivity contribution in [1.29, 1.82) is 0 Å². The molecule has 0 atom stereocenters. The Bertz CT molecular complexity index is 460. The number of hydrogen-bond acceptors (Lipinski definition) is 2. The van der Waals surface area contributed by atoms with Crippen molar-refractivity contribution in [3.8, 4) is 0 Å². The van der Waals surface area contributed by atoms with Crippen LogP contribution < -0.4 is 0 Å². The first-order valence-corrected chi connectivity index (χ1v) is 6.96. The van der Waals surface area contributed by atoms with Crippen LogP contribution in [0.15, 0.2) is 34.7 Å². The van der Waals surface area contributed by atoms with Crippen LogP contribution in [0, 0.1) is 6.92 Å². The van der Waals surface area contributed by atoms with Crippen molar-refractivity contribution in [2.45, 2.75) is 39.5 Å². The third kappa shape index (κ3) is 3.01. The van der Waals surface area contributed by atoms with Crippen molar-refractivity contribution >= 4 is 16.9 Å². The number of thioether (sulfide) groups is 1. The summed E-state index contributed by atoms with van der Waals surface area (Å²) >= 11 is 1.44. The van der Waals surface area contributed by atoms with Crippen molar-refractivity contribution in [3.63, 3.8) is 0 Å². The second-order valence-corrected chi connectivity index (χ2v) is 5.68. The molecule has 0 spiro atoms. The lowest BCUT2D eigenvalue weighted by Crippen LogP contribution is -2.01. The summed E-state index contributed by atoms with van der Waals surface area (Å²) in [5.41, 5.74) is 3.32. The summed E-state index contributed by atoms with van der Waals surface area (Å²) in [6.07, 6.45) is 4.73. The van der Waals surface area contributed by atoms with E-state index in [0.29, 0.717) is 0 Å². The van der Waals surface area contributed by atoms with E-state index < -0.39 is 0 Å². The van der Waals surface area contributed by atoms with Gasteiger partial charge in [0.1, 0.15) is 0 Å². The van der Waals surface area contributed by atoms with Crippen molar-refractivity contribution < 1.29 is 4.79 Å². The molecule has 0 amide bonds. The molecule has 0 fully saturated rings. The van der Waals surface area contributed by atoms with Crippen LogP contribution in [0.4, 0.5) is 0 Å². The fourth-order valence-corrected chi connectivity index (χ4v) is 3.22. The average Bonchev–Trinajstić information content (AvgIpc) is 2.32. The van der Waals surface area contributed by atoms with Gasteiger partial charge in [-0.05, 0) is 50.0 Å². The third-order valence-corrected chi connectivity index (χ3v) is 4.47. The lowest BCUT2D eigenvalue weighted by molar-refractivity contribution is 0.108. The Labute approximate surface area is 107 Å². The first-order valence-electron chi connectivity index (χ1n) is 6.15. The number of allylic oxidation sites excluding steroid dienone is 2. The molecular formula is C15H18OS. The van der Waals surface area contributed by atoms with E-state index in [9.17, 15) is 4.79 Å². The van der Waals surface area contributed by atoms with Crippen LogP contribution in [-0.4, -0.2) is 5.12 Å². The summed E-state index contributed by atoms with van der Waals surface area (Å²) in [6, 6.07) is 7.82. The number of rotatable bonds is 2. The molecule has 1 nitrogen and oxygen atoms in total. The van der Waals surface area contributed by atoms with Crippen molar-refractivity contribution in [2.75, 3.05) is 0 Å². The molecule has 0 saturated carbocycles. The molecule has 0 bridgehead atoms. The Morgan fingerprint density at radius 2 is 1.82 bits per heavy atom. The standard InChI is InChI=1S/C15H18OS/c1-11-7-3-5-9-13(11)15(16)17-14-10-6-4-8-12(14)2/h3,5,7,9H,4,6,8,10H2,1-2H3. The number of carbonyl (C=O) groups is 1. The molecule has 0 N–H and O–H groups in total. The normalized spacial score (nSPS) is 16.1. The SMILES string of the molecule is CC1=C(SC(=O)c2ccccc2C)CCCC1. The van der Waals surface area contributed by atoms with E-state index in [1.807, 2.05) is 31.2 Å². The highest BCUT2D eigenvalue weighted by Gasteiger charge is 2.16. The van der Waals surface area contributed by atoms with Crippen LogP contribution in [0.2, 0.25) is 0 Å². The van der Waals surface area contributed by atoms with Crippen LogP contribution in [0.1, 0.15) is 48.5 Å². The summed E-state index contributed by atoms with van der Waals surface area (Å²) in [7, 11) is 0. The fourth-order valence-electron chi connectivity index (χ4n) is 2.14. The van der Waals surface area contributed by atoms with Gasteiger partial charge in [-0.15, -0.1) is 0 Å². The number of hydrogen-bond donors (Lipinski definition) is 0. The maximum absolute atomic E-state index is 12.2. The summed E-state index contributed by atoms with van der Waals surface area (Å²) < 4.78 is 0. The van der Waals surface area contributed by atoms with E-state index >= 15 is 0 Å². The van der Waals surface area contributed by atoms with Gasteiger partial charge in [-0.3, -0.25) is 4.79 Å². The molecule has 0 unspecified atom stereocenters. The summed E-state index contributed by atoms with van der Waals surface area (Å²) in [4.78, 5) is 13.5. The minimum Gasteiger partial charge on any atom is -0.281 e. The van der Waals surface area contributed by atoms with Gasteiger partial charge in [0, 0.05) is 5.56 Å². The van der Waals surface area contributed by atoms with Crippen LogP contribution in [-0.2, 0) is 0 Å². The average molecular weight is 246 g/mol. The van der Waals surface area contributed by atoms with Gasteiger partial charge in [0.25, 0.3) is 0 Å². The maximum Gasteiger partial charge on any atom is 0.224 e. The van der Waals surface area contributed by atoms with E-state index in [1.54, 1.807) is 0 Å². The summed E-state index contributed by atoms with van der Waals surface area (Å²) in [5, 5.41) is 0.194. The van der Waals surface area contributed by atoms with Crippen LogP contribution >= 0.6 is 11.8 Å². The van der Waals surface area contributed by atoms with Gasteiger partial charge in [-0.25, -0.2) is 0 Å². The Morgan fingerprint density at radius 3 is 2.53 bits per heavy atom. The predicted octanol–water partition coefficient (Wildman–Crippen LogP) is 4.72. The van der Waals surface area contributed by atoms with Gasteiger partial charge >= 0.3 is 0 Å². The highest BCUT2D eigenvalue weighted by atomic mass is 32.2. The van der Waals surface area contributed by atoms with Gasteiger partial charge in [-0.1, -0.05) is 41.6 Å². The summed E-state index contributed by atoms with van der Waals surface area (Å²) in [6.45, 7) is 4.16. The molecule has 0 aromatic heterocycles. The Morgan fingerprint density at radius 1 is 1.12 bits per heavy atom. The molecule has 90 valence electrons. The highest BCUT2D eigenvalue weighted by Crippen LogP contribution is 2.34. The Balaban J connectivity index is 2.15. The van der Waals surface area contributed by atoms with E-state index in [1.165, 1.54) is 35.1 Å². The quantitative estimate of drug-likeness (QED) is 0.751. The molecule has 2 heteroatoms. The van der Waals surface area contributed by atoms with Gasteiger partial charge in [0.2, 0.25) is 5.12 Å². The lowest BCUT2D eigenvalue weighted by atomic mass is 10.0. The first-order chi connectivity index (χ1) is 8.18. The minimum absolute atomic E-state index is 0.194. The van der Waals surface area contributed by atoms with Gasteiger partial charge in [-0.2, -0.15) is 0 Å². The van der Waals surface area contributed by atoms with Crippen LogP contribution in [0.3, 0.4) is 0 Å². The highest BCUT2D eigenvalue weighted by molar-refractivity contribution is 8.17. The second kappa shape index (κ2) is 5.54. The molecule has 2 rings (SSSR count). The largest absolute Gasteiger partial charge is 0.281 e. The zero-order valence-electron chi connectivity index (χ0n) is 10.5. The van der Waals surface area contributed by atoms with Gasteiger partial charge in [0.15, 0.2) is 0 Å². The molecule has 1 aliphatic rings. The minimum atomic E-state index is 0.194. The molecule has 1 aromatic carbocycles. The predicted molar refractivity (Wildman–Crippen MR) is 74.3 cm³/mol. The number of carbonyl (C=O) groups excluding carboxylic acids is 1. The number of aryl methyl sites for hydroxylation is 1. The zero-order valence-corrected chi connectivity index (χ0v) is 11.3. The van der Waals surface area contributed by atoms with Crippen molar-refractivity contribution in [1.82, 2.24) is 0 Å². The fraction of sp³-hybridized carbons (Fsp3) is 0.400. The van der Waals surface area contributed by atoms with Crippen molar-refractivity contribution in [2.24, 2.45) is 0 Å². The van der Waals surface area contributed by atoms with E-state index in [0.717, 1.165) is 24.0 Å². The molecule has 1 aromatic rings. The first kappa shape index (κ1) is 12.4. The van der Waals surface area contributed by atoms with E-state index in [4.69, 9.17) is 0 Å². The lowest BCUT2D eigenvalue weighted by Gasteiger charge is -2.16. The molecular weight excluding hydrogens is 228 g/mol. The molecule has 17 heavy (non-hydrogen) atoms. The summed E-state index contributed by atoms with van der Waals surface area (Å²) in [5.74, 6) is 0. The zero-order chi connectivity index (χ0) is 12.3. The Hall–Kier alpha value is -1.02. The molecule has 1 aliphatic carbocycles. The van der Waals surface area contributed by atoms with E-state index in [-0.39, 0.29) is 5.12 Å². The topological polar surface area (TPSA) is 17.1 Å². The Kier molecular flexibility index (Phi) is 4.06. The molecule has 0 radical (unpaired) electrons.